The smallest absolute Gasteiger partial charge is 0.415 e. The van der Waals surface area contributed by atoms with Crippen molar-refractivity contribution in [3.8, 4) is 0 Å². The van der Waals surface area contributed by atoms with E-state index in [0.717, 1.165) is 16.7 Å². The second-order valence-corrected chi connectivity index (χ2v) is 4.53. The summed E-state index contributed by atoms with van der Waals surface area (Å²) in [6.45, 7) is 0. The monoisotopic (exact) mass is 253 g/mol. The van der Waals surface area contributed by atoms with E-state index in [-0.39, 0.29) is 6.42 Å². The summed E-state index contributed by atoms with van der Waals surface area (Å²) in [5.74, 6) is -2.69. The Balaban J connectivity index is 2.48. The van der Waals surface area contributed by atoms with Gasteiger partial charge in [-0.2, -0.15) is 13.2 Å². The fourth-order valence-corrected chi connectivity index (χ4v) is 2.92. The minimum atomic E-state index is -4.71. The summed E-state index contributed by atoms with van der Waals surface area (Å²) in [5.41, 5.74) is -2.05. The standard InChI is InChI=1S/C8H6F3NO3S/c9-8(10,11)3-2-16-5-1-4(13)12(5)6(3)7(14)15/h5H,1-2H2,(H,14,15)/t5-/m0/s1. The molecule has 0 radical (unpaired) electrons. The Hall–Kier alpha value is -1.18. The topological polar surface area (TPSA) is 57.6 Å². The van der Waals surface area contributed by atoms with Gasteiger partial charge >= 0.3 is 12.1 Å². The van der Waals surface area contributed by atoms with Gasteiger partial charge in [-0.15, -0.1) is 11.8 Å². The molecule has 0 aromatic carbocycles. The van der Waals surface area contributed by atoms with Crippen LogP contribution in [0.25, 0.3) is 0 Å². The summed E-state index contributed by atoms with van der Waals surface area (Å²) in [4.78, 5) is 22.6. The Labute approximate surface area is 92.1 Å². The van der Waals surface area contributed by atoms with E-state index in [1.165, 1.54) is 0 Å². The lowest BCUT2D eigenvalue weighted by Crippen LogP contribution is -2.54. The van der Waals surface area contributed by atoms with Gasteiger partial charge in [-0.3, -0.25) is 9.69 Å². The van der Waals surface area contributed by atoms with E-state index in [1.54, 1.807) is 0 Å². The number of alkyl halides is 3. The third-order valence-corrected chi connectivity index (χ3v) is 3.62. The van der Waals surface area contributed by atoms with Crippen LogP contribution < -0.4 is 0 Å². The maximum atomic E-state index is 12.5. The molecule has 0 aromatic rings. The number of thioether (sulfide) groups is 1. The van der Waals surface area contributed by atoms with Crippen LogP contribution >= 0.6 is 11.8 Å². The molecule has 1 fully saturated rings. The number of carboxylic acids is 1. The molecule has 1 saturated heterocycles. The molecular formula is C8H6F3NO3S. The van der Waals surface area contributed by atoms with E-state index in [4.69, 9.17) is 5.11 Å². The summed E-state index contributed by atoms with van der Waals surface area (Å²) in [6, 6.07) is 0. The van der Waals surface area contributed by atoms with Gasteiger partial charge in [-0.25, -0.2) is 4.79 Å². The number of nitrogens with zero attached hydrogens (tertiary/aromatic N) is 1. The first kappa shape index (κ1) is 11.3. The number of β-lactam (4-membered cyclic amide) rings is 1. The molecule has 2 aliphatic rings. The zero-order chi connectivity index (χ0) is 12.1. The van der Waals surface area contributed by atoms with Crippen molar-refractivity contribution in [3.05, 3.63) is 11.3 Å². The molecule has 16 heavy (non-hydrogen) atoms. The number of carbonyl (C=O) groups excluding carboxylic acids is 1. The van der Waals surface area contributed by atoms with E-state index in [1.807, 2.05) is 0 Å². The van der Waals surface area contributed by atoms with Gasteiger partial charge in [0.25, 0.3) is 0 Å². The first-order valence-electron chi connectivity index (χ1n) is 4.29. The lowest BCUT2D eigenvalue weighted by atomic mass is 10.1. The second-order valence-electron chi connectivity index (χ2n) is 3.36. The van der Waals surface area contributed by atoms with Crippen molar-refractivity contribution in [2.45, 2.75) is 18.0 Å². The molecule has 8 heteroatoms. The highest BCUT2D eigenvalue weighted by atomic mass is 32.2. The zero-order valence-corrected chi connectivity index (χ0v) is 8.56. The van der Waals surface area contributed by atoms with E-state index in [0.29, 0.717) is 0 Å². The highest BCUT2D eigenvalue weighted by Crippen LogP contribution is 2.44. The van der Waals surface area contributed by atoms with Crippen molar-refractivity contribution in [2.75, 3.05) is 5.75 Å². The molecule has 0 unspecified atom stereocenters. The summed E-state index contributed by atoms with van der Waals surface area (Å²) < 4.78 is 37.6. The number of carbonyl (C=O) groups is 2. The van der Waals surface area contributed by atoms with Crippen molar-refractivity contribution in [1.29, 1.82) is 0 Å². The SMILES string of the molecule is O=C(O)C1=C(C(F)(F)F)CS[C@H]2CC(=O)N12. The predicted molar refractivity (Wildman–Crippen MR) is 48.4 cm³/mol. The number of amides is 1. The van der Waals surface area contributed by atoms with Gasteiger partial charge in [0.1, 0.15) is 5.70 Å². The molecule has 1 N–H and O–H groups in total. The molecule has 0 saturated carbocycles. The van der Waals surface area contributed by atoms with Crippen molar-refractivity contribution in [3.63, 3.8) is 0 Å². The van der Waals surface area contributed by atoms with Gasteiger partial charge in [-0.05, 0) is 0 Å². The molecule has 0 bridgehead atoms. The quantitative estimate of drug-likeness (QED) is 0.713. The highest BCUT2D eigenvalue weighted by molar-refractivity contribution is 8.00. The van der Waals surface area contributed by atoms with E-state index >= 15 is 0 Å². The number of halogens is 3. The molecule has 2 heterocycles. The van der Waals surface area contributed by atoms with Gasteiger partial charge in [0, 0.05) is 5.75 Å². The Morgan fingerprint density at radius 1 is 1.50 bits per heavy atom. The largest absolute Gasteiger partial charge is 0.477 e. The minimum Gasteiger partial charge on any atom is -0.477 e. The van der Waals surface area contributed by atoms with Gasteiger partial charge in [0.05, 0.1) is 17.4 Å². The number of aliphatic carboxylic acids is 1. The van der Waals surface area contributed by atoms with Crippen LogP contribution in [0.4, 0.5) is 13.2 Å². The second kappa shape index (κ2) is 3.41. The van der Waals surface area contributed by atoms with Gasteiger partial charge < -0.3 is 5.11 Å². The van der Waals surface area contributed by atoms with Crippen LogP contribution in [-0.2, 0) is 9.59 Å². The number of hydrogen-bond donors (Lipinski definition) is 1. The third kappa shape index (κ3) is 1.57. The molecule has 88 valence electrons. The first-order valence-corrected chi connectivity index (χ1v) is 5.34. The first-order chi connectivity index (χ1) is 7.32. The van der Waals surface area contributed by atoms with E-state index in [2.05, 4.69) is 0 Å². The minimum absolute atomic E-state index is 0.104. The lowest BCUT2D eigenvalue weighted by Gasteiger charge is -2.44. The summed E-state index contributed by atoms with van der Waals surface area (Å²) in [6.07, 6.45) is -4.60. The molecule has 2 rings (SSSR count). The lowest BCUT2D eigenvalue weighted by molar-refractivity contribution is -0.148. The van der Waals surface area contributed by atoms with Crippen molar-refractivity contribution < 1.29 is 27.9 Å². The van der Waals surface area contributed by atoms with E-state index in [9.17, 15) is 22.8 Å². The van der Waals surface area contributed by atoms with Gasteiger partial charge in [0.2, 0.25) is 5.91 Å². The van der Waals surface area contributed by atoms with Crippen LogP contribution in [0.5, 0.6) is 0 Å². The molecule has 1 amide bonds. The molecule has 2 aliphatic heterocycles. The average molecular weight is 253 g/mol. The average Bonchev–Trinajstić information content (AvgIpc) is 2.12. The molecule has 0 aliphatic carbocycles. The fourth-order valence-electron chi connectivity index (χ4n) is 1.63. The molecule has 1 atom stereocenters. The number of rotatable bonds is 1. The maximum absolute atomic E-state index is 12.5. The Kier molecular flexibility index (Phi) is 2.41. The van der Waals surface area contributed by atoms with Crippen molar-refractivity contribution in [2.24, 2.45) is 0 Å². The van der Waals surface area contributed by atoms with Crippen LogP contribution in [0.15, 0.2) is 11.3 Å². The summed E-state index contributed by atoms with van der Waals surface area (Å²) in [5, 5.41) is 8.30. The van der Waals surface area contributed by atoms with Crippen LogP contribution in [0, 0.1) is 0 Å². The molecule has 0 aromatic heterocycles. The van der Waals surface area contributed by atoms with Crippen molar-refractivity contribution >= 4 is 23.6 Å². The molecular weight excluding hydrogens is 247 g/mol. The fraction of sp³-hybridized carbons (Fsp3) is 0.500. The summed E-state index contributed by atoms with van der Waals surface area (Å²) >= 11 is 0.937. The number of fused-ring (bicyclic) bond motifs is 1. The van der Waals surface area contributed by atoms with Crippen LogP contribution in [-0.4, -0.2) is 39.2 Å². The Morgan fingerprint density at radius 3 is 2.56 bits per heavy atom. The van der Waals surface area contributed by atoms with Crippen LogP contribution in [0.2, 0.25) is 0 Å². The number of carboxylic acid groups (broad SMARTS) is 1. The zero-order valence-electron chi connectivity index (χ0n) is 7.74. The number of hydrogen-bond acceptors (Lipinski definition) is 3. The molecule has 4 nitrogen and oxygen atoms in total. The van der Waals surface area contributed by atoms with Gasteiger partial charge in [0.15, 0.2) is 0 Å². The van der Waals surface area contributed by atoms with Crippen LogP contribution in [0.3, 0.4) is 0 Å². The Morgan fingerprint density at radius 2 is 2.12 bits per heavy atom. The third-order valence-electron chi connectivity index (χ3n) is 2.40. The van der Waals surface area contributed by atoms with Crippen molar-refractivity contribution in [1.82, 2.24) is 4.90 Å². The van der Waals surface area contributed by atoms with Gasteiger partial charge in [-0.1, -0.05) is 0 Å². The van der Waals surface area contributed by atoms with Crippen LogP contribution in [0.1, 0.15) is 6.42 Å². The molecule has 0 spiro atoms. The maximum Gasteiger partial charge on any atom is 0.415 e. The predicted octanol–water partition coefficient (Wildman–Crippen LogP) is 1.19. The normalized spacial score (nSPS) is 25.3. The highest BCUT2D eigenvalue weighted by Gasteiger charge is 2.51. The van der Waals surface area contributed by atoms with E-state index < -0.39 is 40.4 Å². The Bertz CT molecular complexity index is 404. The summed E-state index contributed by atoms with van der Waals surface area (Å²) in [7, 11) is 0.